The first-order valence-electron chi connectivity index (χ1n) is 13.8. The lowest BCUT2D eigenvalue weighted by Crippen LogP contribution is -2.27. The number of ether oxygens (including phenoxy) is 7. The summed E-state index contributed by atoms with van der Waals surface area (Å²) in [5.41, 5.74) is 2.71. The second-order valence-corrected chi connectivity index (χ2v) is 10.0. The van der Waals surface area contributed by atoms with Crippen LogP contribution in [0.3, 0.4) is 0 Å². The SMILES string of the molecule is COC(=O)c1cc(OCc2ccccc2)c2c(c1)[C@H](OC(C)=O)[C@@H](OC(C)=O)c1c-2c(OC)c2cccc(OC)c2c1OC. The predicted molar refractivity (Wildman–Crippen MR) is 160 cm³/mol. The molecule has 5 rings (SSSR count). The van der Waals surface area contributed by atoms with Crippen LogP contribution in [0.1, 0.15) is 53.1 Å². The van der Waals surface area contributed by atoms with Gasteiger partial charge in [0.15, 0.2) is 12.2 Å². The van der Waals surface area contributed by atoms with Gasteiger partial charge in [0.25, 0.3) is 0 Å². The van der Waals surface area contributed by atoms with Gasteiger partial charge in [-0.05, 0) is 23.8 Å². The van der Waals surface area contributed by atoms with Gasteiger partial charge in [-0.2, -0.15) is 0 Å². The summed E-state index contributed by atoms with van der Waals surface area (Å²) in [6.07, 6.45) is -2.40. The van der Waals surface area contributed by atoms with Crippen molar-refractivity contribution in [1.29, 1.82) is 0 Å². The molecule has 0 heterocycles. The molecule has 0 amide bonds. The fraction of sp³-hybridized carbons (Fsp3) is 0.265. The zero-order chi connectivity index (χ0) is 31.5. The Bertz CT molecular complexity index is 1740. The Labute approximate surface area is 254 Å². The van der Waals surface area contributed by atoms with Crippen LogP contribution in [0.15, 0.2) is 60.7 Å². The molecule has 1 aliphatic carbocycles. The first-order chi connectivity index (χ1) is 21.2. The molecule has 0 unspecified atom stereocenters. The van der Waals surface area contributed by atoms with Gasteiger partial charge in [-0.15, -0.1) is 0 Å². The maximum atomic E-state index is 12.9. The molecule has 0 aromatic heterocycles. The van der Waals surface area contributed by atoms with Crippen molar-refractivity contribution in [3.05, 3.63) is 82.9 Å². The van der Waals surface area contributed by atoms with E-state index in [0.29, 0.717) is 50.3 Å². The maximum Gasteiger partial charge on any atom is 0.337 e. The first kappa shape index (κ1) is 30.2. The van der Waals surface area contributed by atoms with Crippen LogP contribution >= 0.6 is 0 Å². The Hall–Kier alpha value is -5.25. The number of esters is 3. The Morgan fingerprint density at radius 2 is 1.39 bits per heavy atom. The van der Waals surface area contributed by atoms with Crippen LogP contribution in [0.4, 0.5) is 0 Å². The number of carbonyl (C=O) groups is 3. The van der Waals surface area contributed by atoms with E-state index in [2.05, 4.69) is 0 Å². The first-order valence-corrected chi connectivity index (χ1v) is 13.8. The quantitative estimate of drug-likeness (QED) is 0.164. The number of methoxy groups -OCH3 is 4. The summed E-state index contributed by atoms with van der Waals surface area (Å²) < 4.78 is 41.0. The van der Waals surface area contributed by atoms with Crippen LogP contribution in [0, 0.1) is 0 Å². The fourth-order valence-electron chi connectivity index (χ4n) is 5.71. The fourth-order valence-corrected chi connectivity index (χ4v) is 5.71. The summed E-state index contributed by atoms with van der Waals surface area (Å²) in [6.45, 7) is 2.66. The summed E-state index contributed by atoms with van der Waals surface area (Å²) >= 11 is 0. The van der Waals surface area contributed by atoms with Crippen LogP contribution in [0.25, 0.3) is 21.9 Å². The molecule has 0 spiro atoms. The largest absolute Gasteiger partial charge is 0.496 e. The van der Waals surface area contributed by atoms with E-state index in [1.807, 2.05) is 42.5 Å². The molecule has 4 aromatic carbocycles. The van der Waals surface area contributed by atoms with Crippen molar-refractivity contribution >= 4 is 28.7 Å². The van der Waals surface area contributed by atoms with Gasteiger partial charge < -0.3 is 33.2 Å². The van der Waals surface area contributed by atoms with Gasteiger partial charge in [-0.1, -0.05) is 42.5 Å². The Morgan fingerprint density at radius 1 is 0.705 bits per heavy atom. The van der Waals surface area contributed by atoms with E-state index in [-0.39, 0.29) is 17.9 Å². The van der Waals surface area contributed by atoms with Crippen LogP contribution in [-0.4, -0.2) is 46.3 Å². The topological polar surface area (TPSA) is 116 Å². The Kier molecular flexibility index (Phi) is 8.61. The highest BCUT2D eigenvalue weighted by atomic mass is 16.6. The van der Waals surface area contributed by atoms with Crippen molar-refractivity contribution < 1.29 is 47.5 Å². The molecule has 44 heavy (non-hydrogen) atoms. The molecule has 2 atom stereocenters. The highest BCUT2D eigenvalue weighted by Crippen LogP contribution is 2.60. The van der Waals surface area contributed by atoms with E-state index >= 15 is 0 Å². The summed E-state index contributed by atoms with van der Waals surface area (Å²) in [5.74, 6) is -0.402. The van der Waals surface area contributed by atoms with Gasteiger partial charge >= 0.3 is 17.9 Å². The van der Waals surface area contributed by atoms with Gasteiger partial charge in [-0.3, -0.25) is 9.59 Å². The second-order valence-electron chi connectivity index (χ2n) is 10.0. The number of rotatable bonds is 9. The molecule has 0 saturated carbocycles. The molecular weight excluding hydrogens is 568 g/mol. The highest BCUT2D eigenvalue weighted by molar-refractivity contribution is 6.07. The molecule has 0 radical (unpaired) electrons. The van der Waals surface area contributed by atoms with Crippen molar-refractivity contribution in [3.8, 4) is 34.1 Å². The third-order valence-corrected chi connectivity index (χ3v) is 7.36. The standard InChI is InChI=1S/C34H32O10/c1-18(35)43-31-23-15-21(34(37)41-6)16-25(42-17-20-11-8-7-9-12-20)26(23)28-29(33(31)44-19(2)36)32(40-5)27-22(30(28)39-4)13-10-14-24(27)38-3/h7-16,31,33H,17H2,1-6H3/t31-,33-/m0/s1. The summed E-state index contributed by atoms with van der Waals surface area (Å²) in [7, 11) is 5.81. The minimum atomic E-state index is -1.20. The third-order valence-electron chi connectivity index (χ3n) is 7.36. The lowest BCUT2D eigenvalue weighted by atomic mass is 9.77. The summed E-state index contributed by atoms with van der Waals surface area (Å²) in [6, 6.07) is 18.1. The Morgan fingerprint density at radius 3 is 2.00 bits per heavy atom. The highest BCUT2D eigenvalue weighted by Gasteiger charge is 2.45. The smallest absolute Gasteiger partial charge is 0.337 e. The molecule has 4 aromatic rings. The van der Waals surface area contributed by atoms with Crippen molar-refractivity contribution in [1.82, 2.24) is 0 Å². The molecular formula is C34H32O10. The van der Waals surface area contributed by atoms with Gasteiger partial charge in [0.05, 0.1) is 45.0 Å². The molecule has 0 N–H and O–H groups in total. The minimum Gasteiger partial charge on any atom is -0.496 e. The van der Waals surface area contributed by atoms with E-state index in [4.69, 9.17) is 33.2 Å². The van der Waals surface area contributed by atoms with E-state index in [0.717, 1.165) is 5.56 Å². The molecule has 0 aliphatic heterocycles. The van der Waals surface area contributed by atoms with Crippen molar-refractivity contribution in [2.24, 2.45) is 0 Å². The number of benzene rings is 4. The number of fused-ring (bicyclic) bond motifs is 4. The zero-order valence-electron chi connectivity index (χ0n) is 25.2. The summed E-state index contributed by atoms with van der Waals surface area (Å²) in [4.78, 5) is 38.1. The van der Waals surface area contributed by atoms with E-state index < -0.39 is 30.1 Å². The van der Waals surface area contributed by atoms with Crippen LogP contribution < -0.4 is 18.9 Å². The van der Waals surface area contributed by atoms with Gasteiger partial charge in [-0.25, -0.2) is 4.79 Å². The third kappa shape index (κ3) is 5.34. The normalized spacial score (nSPS) is 15.0. The molecule has 0 saturated heterocycles. The summed E-state index contributed by atoms with van der Waals surface area (Å²) in [5, 5.41) is 1.21. The van der Waals surface area contributed by atoms with Crippen LogP contribution in [0.5, 0.6) is 23.0 Å². The van der Waals surface area contributed by atoms with Crippen molar-refractivity contribution in [2.45, 2.75) is 32.7 Å². The molecule has 0 fully saturated rings. The van der Waals surface area contributed by atoms with E-state index in [9.17, 15) is 14.4 Å². The van der Waals surface area contributed by atoms with Crippen LogP contribution in [-0.2, 0) is 30.4 Å². The molecule has 228 valence electrons. The van der Waals surface area contributed by atoms with Gasteiger partial charge in [0, 0.05) is 35.9 Å². The maximum absolute atomic E-state index is 12.9. The second kappa shape index (κ2) is 12.5. The number of hydrogen-bond acceptors (Lipinski definition) is 10. The molecule has 10 nitrogen and oxygen atoms in total. The number of carbonyl (C=O) groups excluding carboxylic acids is 3. The predicted octanol–water partition coefficient (Wildman–Crippen LogP) is 6.12. The average Bonchev–Trinajstić information content (AvgIpc) is 3.03. The average molecular weight is 601 g/mol. The van der Waals surface area contributed by atoms with Crippen molar-refractivity contribution in [3.63, 3.8) is 0 Å². The molecule has 10 heteroatoms. The number of hydrogen-bond donors (Lipinski definition) is 0. The monoisotopic (exact) mass is 600 g/mol. The molecule has 0 bridgehead atoms. The minimum absolute atomic E-state index is 0.143. The van der Waals surface area contributed by atoms with Crippen molar-refractivity contribution in [2.75, 3.05) is 28.4 Å². The molecule has 1 aliphatic rings. The van der Waals surface area contributed by atoms with Crippen LogP contribution in [0.2, 0.25) is 0 Å². The van der Waals surface area contributed by atoms with Gasteiger partial charge in [0.1, 0.15) is 29.6 Å². The Balaban J connectivity index is 1.95. The lowest BCUT2D eigenvalue weighted by Gasteiger charge is -2.37. The van der Waals surface area contributed by atoms with Gasteiger partial charge in [0.2, 0.25) is 0 Å². The van der Waals surface area contributed by atoms with E-state index in [1.165, 1.54) is 42.3 Å². The van der Waals surface area contributed by atoms with E-state index in [1.54, 1.807) is 18.2 Å². The zero-order valence-corrected chi connectivity index (χ0v) is 25.2. The lowest BCUT2D eigenvalue weighted by molar-refractivity contribution is -0.167.